The summed E-state index contributed by atoms with van der Waals surface area (Å²) < 4.78 is 14.0. The molecule has 2 N–H and O–H groups in total. The maximum atomic E-state index is 14.0. The molecule has 0 aliphatic heterocycles. The lowest BCUT2D eigenvalue weighted by molar-refractivity contribution is 0.600. The van der Waals surface area contributed by atoms with Gasteiger partial charge in [-0.25, -0.2) is 4.39 Å². The Kier molecular flexibility index (Phi) is 3.87. The van der Waals surface area contributed by atoms with E-state index in [9.17, 15) is 4.39 Å². The number of hydrogen-bond donors (Lipinski definition) is 1. The Hall–Kier alpha value is -1.55. The molecule has 0 aliphatic rings. The summed E-state index contributed by atoms with van der Waals surface area (Å²) >= 11 is 1.68. The standard InChI is InChI=1S/C14H17FN2S/c1-10(2)17(9-12-4-3-7-18-12)14-6-5-11(16)8-13(14)15/h3-8,10H,9,16H2,1-2H3. The van der Waals surface area contributed by atoms with Crippen molar-refractivity contribution in [2.45, 2.75) is 26.4 Å². The zero-order chi connectivity index (χ0) is 13.1. The van der Waals surface area contributed by atoms with Gasteiger partial charge in [-0.1, -0.05) is 6.07 Å². The van der Waals surface area contributed by atoms with Crippen LogP contribution in [0.3, 0.4) is 0 Å². The highest BCUT2D eigenvalue weighted by atomic mass is 32.1. The van der Waals surface area contributed by atoms with Gasteiger partial charge in [-0.15, -0.1) is 11.3 Å². The molecule has 0 fully saturated rings. The van der Waals surface area contributed by atoms with E-state index in [1.54, 1.807) is 23.5 Å². The minimum atomic E-state index is -0.264. The SMILES string of the molecule is CC(C)N(Cc1cccs1)c1ccc(N)cc1F. The molecule has 0 amide bonds. The summed E-state index contributed by atoms with van der Waals surface area (Å²) in [6.45, 7) is 4.84. The lowest BCUT2D eigenvalue weighted by Gasteiger charge is -2.29. The number of anilines is 2. The Labute approximate surface area is 111 Å². The highest BCUT2D eigenvalue weighted by Gasteiger charge is 2.15. The summed E-state index contributed by atoms with van der Waals surface area (Å²) in [6.07, 6.45) is 0. The minimum absolute atomic E-state index is 0.227. The number of rotatable bonds is 4. The summed E-state index contributed by atoms with van der Waals surface area (Å²) in [5.74, 6) is -0.264. The van der Waals surface area contributed by atoms with Crippen molar-refractivity contribution in [1.29, 1.82) is 0 Å². The Morgan fingerprint density at radius 3 is 2.67 bits per heavy atom. The molecule has 2 aromatic rings. The first-order valence-corrected chi connectivity index (χ1v) is 6.80. The number of nitrogens with zero attached hydrogens (tertiary/aromatic N) is 1. The average molecular weight is 264 g/mol. The van der Waals surface area contributed by atoms with Gasteiger partial charge in [0.25, 0.3) is 0 Å². The first kappa shape index (κ1) is 12.9. The van der Waals surface area contributed by atoms with Crippen molar-refractivity contribution >= 4 is 22.7 Å². The van der Waals surface area contributed by atoms with E-state index in [2.05, 4.69) is 19.9 Å². The van der Waals surface area contributed by atoms with Crippen LogP contribution in [0.15, 0.2) is 35.7 Å². The quantitative estimate of drug-likeness (QED) is 0.849. The van der Waals surface area contributed by atoms with Gasteiger partial charge in [0.1, 0.15) is 5.82 Å². The fourth-order valence-corrected chi connectivity index (χ4v) is 2.58. The van der Waals surface area contributed by atoms with Crippen LogP contribution in [0, 0.1) is 5.82 Å². The molecule has 0 aliphatic carbocycles. The maximum absolute atomic E-state index is 14.0. The molecule has 1 heterocycles. The van der Waals surface area contributed by atoms with Crippen LogP contribution in [0.4, 0.5) is 15.8 Å². The molecule has 0 bridgehead atoms. The molecular weight excluding hydrogens is 247 g/mol. The van der Waals surface area contributed by atoms with Crippen molar-refractivity contribution in [3.63, 3.8) is 0 Å². The van der Waals surface area contributed by atoms with Gasteiger partial charge < -0.3 is 10.6 Å². The minimum Gasteiger partial charge on any atom is -0.399 e. The smallest absolute Gasteiger partial charge is 0.148 e. The molecule has 4 heteroatoms. The van der Waals surface area contributed by atoms with Gasteiger partial charge in [-0.3, -0.25) is 0 Å². The van der Waals surface area contributed by atoms with E-state index < -0.39 is 0 Å². The number of nitrogen functional groups attached to an aromatic ring is 1. The molecule has 2 nitrogen and oxygen atoms in total. The number of halogens is 1. The van der Waals surface area contributed by atoms with Crippen molar-refractivity contribution in [1.82, 2.24) is 0 Å². The Balaban J connectivity index is 2.29. The molecule has 0 spiro atoms. The van der Waals surface area contributed by atoms with Gasteiger partial charge in [-0.05, 0) is 43.5 Å². The van der Waals surface area contributed by atoms with E-state index in [1.165, 1.54) is 10.9 Å². The van der Waals surface area contributed by atoms with Crippen LogP contribution in [-0.2, 0) is 6.54 Å². The molecule has 1 aromatic heterocycles. The van der Waals surface area contributed by atoms with Crippen molar-refractivity contribution in [3.05, 3.63) is 46.4 Å². The number of nitrogens with two attached hydrogens (primary N) is 1. The van der Waals surface area contributed by atoms with Crippen LogP contribution in [0.25, 0.3) is 0 Å². The van der Waals surface area contributed by atoms with Crippen molar-refractivity contribution in [2.24, 2.45) is 0 Å². The average Bonchev–Trinajstić information content (AvgIpc) is 2.79. The largest absolute Gasteiger partial charge is 0.399 e. The van der Waals surface area contributed by atoms with Gasteiger partial charge >= 0.3 is 0 Å². The van der Waals surface area contributed by atoms with Gasteiger partial charge in [-0.2, -0.15) is 0 Å². The predicted molar refractivity (Wildman–Crippen MR) is 76.5 cm³/mol. The second kappa shape index (κ2) is 5.40. The van der Waals surface area contributed by atoms with E-state index in [0.29, 0.717) is 11.4 Å². The second-order valence-electron chi connectivity index (χ2n) is 4.51. The zero-order valence-corrected chi connectivity index (χ0v) is 11.4. The van der Waals surface area contributed by atoms with Crippen LogP contribution in [-0.4, -0.2) is 6.04 Å². The van der Waals surface area contributed by atoms with Gasteiger partial charge in [0.2, 0.25) is 0 Å². The number of benzene rings is 1. The van der Waals surface area contributed by atoms with E-state index in [-0.39, 0.29) is 11.9 Å². The van der Waals surface area contributed by atoms with Crippen molar-refractivity contribution < 1.29 is 4.39 Å². The third kappa shape index (κ3) is 2.82. The van der Waals surface area contributed by atoms with Crippen LogP contribution in [0.2, 0.25) is 0 Å². The molecule has 2 rings (SSSR count). The number of thiophene rings is 1. The molecule has 0 unspecified atom stereocenters. The van der Waals surface area contributed by atoms with Gasteiger partial charge in [0.05, 0.1) is 12.2 Å². The first-order chi connectivity index (χ1) is 8.58. The topological polar surface area (TPSA) is 29.3 Å². The molecule has 0 radical (unpaired) electrons. The Bertz CT molecular complexity index is 509. The third-order valence-corrected chi connectivity index (χ3v) is 3.67. The number of hydrogen-bond acceptors (Lipinski definition) is 3. The third-order valence-electron chi connectivity index (χ3n) is 2.81. The van der Waals surface area contributed by atoms with Crippen molar-refractivity contribution in [2.75, 3.05) is 10.6 Å². The molecule has 18 heavy (non-hydrogen) atoms. The van der Waals surface area contributed by atoms with E-state index in [4.69, 9.17) is 5.73 Å². The Morgan fingerprint density at radius 1 is 1.33 bits per heavy atom. The summed E-state index contributed by atoms with van der Waals surface area (Å²) in [5, 5.41) is 2.03. The Morgan fingerprint density at radius 2 is 2.11 bits per heavy atom. The maximum Gasteiger partial charge on any atom is 0.148 e. The van der Waals surface area contributed by atoms with Crippen molar-refractivity contribution in [3.8, 4) is 0 Å². The summed E-state index contributed by atoms with van der Waals surface area (Å²) in [4.78, 5) is 3.26. The summed E-state index contributed by atoms with van der Waals surface area (Å²) in [6, 6.07) is 9.16. The van der Waals surface area contributed by atoms with E-state index in [0.717, 1.165) is 6.54 Å². The van der Waals surface area contributed by atoms with Crippen LogP contribution in [0.5, 0.6) is 0 Å². The van der Waals surface area contributed by atoms with Crippen LogP contribution in [0.1, 0.15) is 18.7 Å². The lowest BCUT2D eigenvalue weighted by Crippen LogP contribution is -2.30. The fourth-order valence-electron chi connectivity index (χ4n) is 1.87. The molecule has 96 valence electrons. The van der Waals surface area contributed by atoms with E-state index in [1.807, 2.05) is 16.3 Å². The molecule has 0 atom stereocenters. The van der Waals surface area contributed by atoms with Gasteiger partial charge in [0.15, 0.2) is 0 Å². The first-order valence-electron chi connectivity index (χ1n) is 5.92. The predicted octanol–water partition coefficient (Wildman–Crippen LogP) is 3.88. The highest BCUT2D eigenvalue weighted by Crippen LogP contribution is 2.26. The summed E-state index contributed by atoms with van der Waals surface area (Å²) in [7, 11) is 0. The summed E-state index contributed by atoms with van der Waals surface area (Å²) in [5.41, 5.74) is 6.64. The second-order valence-corrected chi connectivity index (χ2v) is 5.54. The van der Waals surface area contributed by atoms with Crippen LogP contribution >= 0.6 is 11.3 Å². The molecular formula is C14H17FN2S. The molecule has 1 aromatic carbocycles. The normalized spacial score (nSPS) is 10.9. The van der Waals surface area contributed by atoms with Crippen LogP contribution < -0.4 is 10.6 Å². The lowest BCUT2D eigenvalue weighted by atomic mass is 10.2. The zero-order valence-electron chi connectivity index (χ0n) is 10.6. The van der Waals surface area contributed by atoms with Gasteiger partial charge in [0, 0.05) is 16.6 Å². The monoisotopic (exact) mass is 264 g/mol. The molecule has 0 saturated carbocycles. The van der Waals surface area contributed by atoms with E-state index >= 15 is 0 Å². The fraction of sp³-hybridized carbons (Fsp3) is 0.286. The molecule has 0 saturated heterocycles. The highest BCUT2D eigenvalue weighted by molar-refractivity contribution is 7.09.